The standard InChI is InChI=1S/C13H18F2N2O/c1-8(2)16-7-13(18)17-9(3)11-5-4-10(14)6-12(11)15/h4-6,8-9,16H,7H2,1-3H3,(H,17,18). The molecule has 5 heteroatoms. The van der Waals surface area contributed by atoms with E-state index in [1.54, 1.807) is 6.92 Å². The second-order valence-electron chi connectivity index (χ2n) is 4.49. The molecule has 0 bridgehead atoms. The molecule has 100 valence electrons. The minimum Gasteiger partial charge on any atom is -0.348 e. The number of nitrogens with one attached hydrogen (secondary N) is 2. The van der Waals surface area contributed by atoms with Gasteiger partial charge in [-0.3, -0.25) is 4.79 Å². The van der Waals surface area contributed by atoms with Crippen LogP contribution >= 0.6 is 0 Å². The van der Waals surface area contributed by atoms with Crippen LogP contribution in [0.4, 0.5) is 8.78 Å². The maximum Gasteiger partial charge on any atom is 0.234 e. The zero-order valence-electron chi connectivity index (χ0n) is 10.8. The van der Waals surface area contributed by atoms with Crippen LogP contribution in [-0.2, 0) is 4.79 Å². The number of carbonyl (C=O) groups excluding carboxylic acids is 1. The smallest absolute Gasteiger partial charge is 0.234 e. The van der Waals surface area contributed by atoms with E-state index in [-0.39, 0.29) is 24.1 Å². The molecule has 0 heterocycles. The Hall–Kier alpha value is -1.49. The maximum absolute atomic E-state index is 13.5. The summed E-state index contributed by atoms with van der Waals surface area (Å²) < 4.78 is 26.2. The zero-order valence-corrected chi connectivity index (χ0v) is 10.8. The van der Waals surface area contributed by atoms with Crippen molar-refractivity contribution in [1.82, 2.24) is 10.6 Å². The van der Waals surface area contributed by atoms with Gasteiger partial charge in [0.15, 0.2) is 0 Å². The average Bonchev–Trinajstić information content (AvgIpc) is 2.26. The van der Waals surface area contributed by atoms with E-state index in [0.29, 0.717) is 0 Å². The van der Waals surface area contributed by atoms with Crippen molar-refractivity contribution >= 4 is 5.91 Å². The van der Waals surface area contributed by atoms with Crippen LogP contribution in [0, 0.1) is 11.6 Å². The van der Waals surface area contributed by atoms with Gasteiger partial charge in [-0.1, -0.05) is 19.9 Å². The van der Waals surface area contributed by atoms with E-state index in [1.807, 2.05) is 13.8 Å². The molecular weight excluding hydrogens is 238 g/mol. The van der Waals surface area contributed by atoms with Gasteiger partial charge < -0.3 is 10.6 Å². The van der Waals surface area contributed by atoms with Gasteiger partial charge in [0.1, 0.15) is 11.6 Å². The van der Waals surface area contributed by atoms with Crippen molar-refractivity contribution in [2.75, 3.05) is 6.54 Å². The first kappa shape index (κ1) is 14.6. The molecule has 0 aliphatic carbocycles. The first-order chi connectivity index (χ1) is 8.40. The van der Waals surface area contributed by atoms with Crippen LogP contribution < -0.4 is 10.6 Å². The molecule has 1 aromatic rings. The quantitative estimate of drug-likeness (QED) is 0.847. The Morgan fingerprint density at radius 1 is 1.28 bits per heavy atom. The number of carbonyl (C=O) groups is 1. The predicted molar refractivity (Wildman–Crippen MR) is 66.1 cm³/mol. The lowest BCUT2D eigenvalue weighted by molar-refractivity contribution is -0.121. The molecule has 0 radical (unpaired) electrons. The van der Waals surface area contributed by atoms with Crippen molar-refractivity contribution in [1.29, 1.82) is 0 Å². The number of halogens is 2. The van der Waals surface area contributed by atoms with Crippen molar-refractivity contribution in [2.24, 2.45) is 0 Å². The Morgan fingerprint density at radius 2 is 1.94 bits per heavy atom. The molecule has 1 aromatic carbocycles. The average molecular weight is 256 g/mol. The lowest BCUT2D eigenvalue weighted by Gasteiger charge is -2.16. The third kappa shape index (κ3) is 4.41. The predicted octanol–water partition coefficient (Wildman–Crippen LogP) is 2.14. The fourth-order valence-electron chi connectivity index (χ4n) is 1.52. The molecule has 0 saturated heterocycles. The van der Waals surface area contributed by atoms with Crippen LogP contribution in [-0.4, -0.2) is 18.5 Å². The maximum atomic E-state index is 13.5. The molecule has 2 N–H and O–H groups in total. The summed E-state index contributed by atoms with van der Waals surface area (Å²) in [7, 11) is 0. The van der Waals surface area contributed by atoms with Crippen LogP contribution in [0.2, 0.25) is 0 Å². The van der Waals surface area contributed by atoms with Crippen LogP contribution in [0.25, 0.3) is 0 Å². The van der Waals surface area contributed by atoms with Gasteiger partial charge in [-0.2, -0.15) is 0 Å². The number of hydrogen-bond acceptors (Lipinski definition) is 2. The Labute approximate surface area is 106 Å². The van der Waals surface area contributed by atoms with Crippen LogP contribution in [0.15, 0.2) is 18.2 Å². The zero-order chi connectivity index (χ0) is 13.7. The van der Waals surface area contributed by atoms with Gasteiger partial charge in [-0.05, 0) is 13.0 Å². The van der Waals surface area contributed by atoms with E-state index in [9.17, 15) is 13.6 Å². The fourth-order valence-corrected chi connectivity index (χ4v) is 1.52. The van der Waals surface area contributed by atoms with Crippen molar-refractivity contribution in [3.63, 3.8) is 0 Å². The molecule has 3 nitrogen and oxygen atoms in total. The number of rotatable bonds is 5. The van der Waals surface area contributed by atoms with Gasteiger partial charge in [-0.15, -0.1) is 0 Å². The summed E-state index contributed by atoms with van der Waals surface area (Å²) in [5.41, 5.74) is 0.272. The minimum absolute atomic E-state index is 0.171. The highest BCUT2D eigenvalue weighted by atomic mass is 19.1. The molecule has 0 spiro atoms. The first-order valence-corrected chi connectivity index (χ1v) is 5.88. The summed E-state index contributed by atoms with van der Waals surface area (Å²) in [5, 5.41) is 5.61. The molecule has 1 atom stereocenters. The largest absolute Gasteiger partial charge is 0.348 e. The van der Waals surface area contributed by atoms with Crippen LogP contribution in [0.3, 0.4) is 0 Å². The van der Waals surface area contributed by atoms with Gasteiger partial charge in [0.05, 0.1) is 12.6 Å². The second kappa shape index (κ2) is 6.44. The second-order valence-corrected chi connectivity index (χ2v) is 4.49. The molecule has 1 unspecified atom stereocenters. The van der Waals surface area contributed by atoms with Crippen LogP contribution in [0.5, 0.6) is 0 Å². The fraction of sp³-hybridized carbons (Fsp3) is 0.462. The summed E-state index contributed by atoms with van der Waals surface area (Å²) in [6, 6.07) is 3.03. The summed E-state index contributed by atoms with van der Waals surface area (Å²) in [5.74, 6) is -1.50. The third-order valence-corrected chi connectivity index (χ3v) is 2.48. The lowest BCUT2D eigenvalue weighted by atomic mass is 10.1. The minimum atomic E-state index is -0.653. The third-order valence-electron chi connectivity index (χ3n) is 2.48. The molecule has 0 aliphatic heterocycles. The van der Waals surface area contributed by atoms with Crippen molar-refractivity contribution in [3.05, 3.63) is 35.4 Å². The topological polar surface area (TPSA) is 41.1 Å². The highest BCUT2D eigenvalue weighted by Crippen LogP contribution is 2.17. The van der Waals surface area contributed by atoms with E-state index in [1.165, 1.54) is 12.1 Å². The Balaban J connectivity index is 2.59. The van der Waals surface area contributed by atoms with Gasteiger partial charge >= 0.3 is 0 Å². The Kier molecular flexibility index (Phi) is 5.22. The van der Waals surface area contributed by atoms with E-state index >= 15 is 0 Å². The molecule has 0 aromatic heterocycles. The summed E-state index contributed by atoms with van der Waals surface area (Å²) in [4.78, 5) is 11.5. The molecule has 0 aliphatic rings. The molecular formula is C13H18F2N2O. The highest BCUT2D eigenvalue weighted by Gasteiger charge is 2.14. The normalized spacial score (nSPS) is 12.6. The highest BCUT2D eigenvalue weighted by molar-refractivity contribution is 5.78. The lowest BCUT2D eigenvalue weighted by Crippen LogP contribution is -2.38. The molecule has 0 fully saturated rings. The summed E-state index contributed by atoms with van der Waals surface area (Å²) in [6.07, 6.45) is 0. The molecule has 0 saturated carbocycles. The molecule has 1 rings (SSSR count). The van der Waals surface area contributed by atoms with Crippen molar-refractivity contribution in [2.45, 2.75) is 32.9 Å². The van der Waals surface area contributed by atoms with Gasteiger partial charge in [0.2, 0.25) is 5.91 Å². The van der Waals surface area contributed by atoms with E-state index < -0.39 is 17.7 Å². The monoisotopic (exact) mass is 256 g/mol. The SMILES string of the molecule is CC(C)NCC(=O)NC(C)c1ccc(F)cc1F. The van der Waals surface area contributed by atoms with Gasteiger partial charge in [-0.25, -0.2) is 8.78 Å². The van der Waals surface area contributed by atoms with E-state index in [2.05, 4.69) is 10.6 Å². The van der Waals surface area contributed by atoms with Crippen molar-refractivity contribution in [3.8, 4) is 0 Å². The molecule has 18 heavy (non-hydrogen) atoms. The number of hydrogen-bond donors (Lipinski definition) is 2. The summed E-state index contributed by atoms with van der Waals surface area (Å²) >= 11 is 0. The van der Waals surface area contributed by atoms with E-state index in [4.69, 9.17) is 0 Å². The first-order valence-electron chi connectivity index (χ1n) is 5.88. The van der Waals surface area contributed by atoms with Gasteiger partial charge in [0, 0.05) is 17.7 Å². The number of benzene rings is 1. The number of amides is 1. The summed E-state index contributed by atoms with van der Waals surface area (Å²) in [6.45, 7) is 5.68. The Bertz CT molecular complexity index is 421. The molecule has 1 amide bonds. The van der Waals surface area contributed by atoms with Crippen LogP contribution in [0.1, 0.15) is 32.4 Å². The van der Waals surface area contributed by atoms with Crippen molar-refractivity contribution < 1.29 is 13.6 Å². The van der Waals surface area contributed by atoms with E-state index in [0.717, 1.165) is 6.07 Å². The van der Waals surface area contributed by atoms with Gasteiger partial charge in [0.25, 0.3) is 0 Å². The Morgan fingerprint density at radius 3 is 2.50 bits per heavy atom.